The van der Waals surface area contributed by atoms with Crippen LogP contribution in [0.3, 0.4) is 0 Å². The Morgan fingerprint density at radius 1 is 1.39 bits per heavy atom. The van der Waals surface area contributed by atoms with Gasteiger partial charge in [0.2, 0.25) is 5.60 Å². The summed E-state index contributed by atoms with van der Waals surface area (Å²) in [6, 6.07) is 3.66. The number of aliphatic carboxylic acids is 1. The maximum Gasteiger partial charge on any atom is 0.343 e. The highest BCUT2D eigenvalue weighted by Gasteiger charge is 2.69. The molecule has 0 amide bonds. The zero-order chi connectivity index (χ0) is 16.0. The van der Waals surface area contributed by atoms with Crippen molar-refractivity contribution in [3.63, 3.8) is 0 Å². The van der Waals surface area contributed by atoms with Crippen molar-refractivity contribution in [1.29, 1.82) is 0 Å². The molecule has 1 saturated heterocycles. The third kappa shape index (κ3) is 1.31. The van der Waals surface area contributed by atoms with Crippen molar-refractivity contribution in [2.45, 2.75) is 36.0 Å². The average Bonchev–Trinajstić information content (AvgIpc) is 2.86. The van der Waals surface area contributed by atoms with E-state index in [1.54, 1.807) is 6.07 Å². The number of nitrogens with one attached hydrogen (secondary N) is 1. The smallest absolute Gasteiger partial charge is 0.343 e. The minimum Gasteiger partial charge on any atom is -0.504 e. The summed E-state index contributed by atoms with van der Waals surface area (Å²) in [5.41, 5.74) is -0.719. The monoisotopic (exact) mass is 315 g/mol. The number of ether oxygens (including phenoxy) is 1. The van der Waals surface area contributed by atoms with Crippen LogP contribution >= 0.6 is 0 Å². The molecule has 23 heavy (non-hydrogen) atoms. The van der Waals surface area contributed by atoms with Crippen LogP contribution in [0.5, 0.6) is 11.5 Å². The second kappa shape index (κ2) is 3.88. The zero-order valence-electron chi connectivity index (χ0n) is 12.3. The molecule has 6 heteroatoms. The predicted molar refractivity (Wildman–Crippen MR) is 79.5 cm³/mol. The van der Waals surface area contributed by atoms with Gasteiger partial charge in [0.15, 0.2) is 17.6 Å². The molecule has 0 radical (unpaired) electrons. The van der Waals surface area contributed by atoms with Crippen molar-refractivity contribution in [1.82, 2.24) is 5.32 Å². The summed E-state index contributed by atoms with van der Waals surface area (Å²) in [5, 5.41) is 34.1. The number of phenols is 1. The molecule has 2 bridgehead atoms. The molecule has 0 saturated carbocycles. The van der Waals surface area contributed by atoms with Gasteiger partial charge in [0.25, 0.3) is 0 Å². The Morgan fingerprint density at radius 2 is 2.22 bits per heavy atom. The van der Waals surface area contributed by atoms with Crippen LogP contribution in [0, 0.1) is 5.92 Å². The molecule has 0 unspecified atom stereocenters. The first-order chi connectivity index (χ1) is 11.0. The molecule has 2 aliphatic heterocycles. The Bertz CT molecular complexity index is 774. The van der Waals surface area contributed by atoms with Crippen molar-refractivity contribution in [2.75, 3.05) is 6.54 Å². The van der Waals surface area contributed by atoms with E-state index in [0.29, 0.717) is 12.2 Å². The lowest BCUT2D eigenvalue weighted by atomic mass is 9.52. The van der Waals surface area contributed by atoms with Gasteiger partial charge in [-0.1, -0.05) is 12.1 Å². The normalized spacial score (nSPS) is 42.0. The van der Waals surface area contributed by atoms with Gasteiger partial charge in [-0.15, -0.1) is 0 Å². The third-order valence-corrected chi connectivity index (χ3v) is 6.11. The molecule has 5 rings (SSSR count). The van der Waals surface area contributed by atoms with Crippen LogP contribution in [0.1, 0.15) is 17.5 Å². The average molecular weight is 315 g/mol. The van der Waals surface area contributed by atoms with Crippen LogP contribution in [0.15, 0.2) is 24.3 Å². The number of hydrogen-bond donors (Lipinski definition) is 4. The van der Waals surface area contributed by atoms with E-state index in [1.807, 2.05) is 12.1 Å². The standard InChI is InChI=1S/C17H17NO5/c19-11-2-1-8-7-10-9-3-4-17(22,15(20)21)14-16(9,5-6-18-10)12(8)13(11)23-14/h1-4,9-10,14,18-19,22H,5-7H2,(H,20,21)/t9-,10+,14+,16-,17-/m0/s1. The molecule has 4 N–H and O–H groups in total. The molecule has 1 aromatic carbocycles. The van der Waals surface area contributed by atoms with Crippen molar-refractivity contribution < 1.29 is 24.9 Å². The minimum absolute atomic E-state index is 0.0102. The number of piperidine rings is 1. The molecule has 1 fully saturated rings. The van der Waals surface area contributed by atoms with E-state index in [1.165, 1.54) is 6.08 Å². The van der Waals surface area contributed by atoms with Gasteiger partial charge in [-0.25, -0.2) is 4.79 Å². The molecular formula is C17H17NO5. The second-order valence-corrected chi connectivity index (χ2v) is 7.02. The lowest BCUT2D eigenvalue weighted by Gasteiger charge is -2.55. The summed E-state index contributed by atoms with van der Waals surface area (Å²) >= 11 is 0. The van der Waals surface area contributed by atoms with E-state index in [2.05, 4.69) is 5.32 Å². The molecular weight excluding hydrogens is 298 g/mol. The van der Waals surface area contributed by atoms with Gasteiger partial charge >= 0.3 is 5.97 Å². The van der Waals surface area contributed by atoms with E-state index in [4.69, 9.17) is 4.74 Å². The van der Waals surface area contributed by atoms with Crippen LogP contribution in [0.4, 0.5) is 0 Å². The highest BCUT2D eigenvalue weighted by molar-refractivity contribution is 5.83. The Kier molecular flexibility index (Phi) is 2.26. The number of phenolic OH excluding ortho intramolecular Hbond substituents is 1. The Balaban J connectivity index is 1.85. The number of rotatable bonds is 1. The molecule has 1 aromatic rings. The van der Waals surface area contributed by atoms with Gasteiger partial charge in [0.1, 0.15) is 0 Å². The number of hydrogen-bond acceptors (Lipinski definition) is 5. The van der Waals surface area contributed by atoms with Gasteiger partial charge in [-0.2, -0.15) is 0 Å². The number of benzene rings is 1. The largest absolute Gasteiger partial charge is 0.504 e. The number of carbonyl (C=O) groups is 1. The number of aromatic hydroxyl groups is 1. The molecule has 2 heterocycles. The molecule has 120 valence electrons. The summed E-state index contributed by atoms with van der Waals surface area (Å²) in [6.45, 7) is 0.735. The fourth-order valence-corrected chi connectivity index (χ4v) is 5.23. The Labute approximate surface area is 132 Å². The third-order valence-electron chi connectivity index (χ3n) is 6.11. The van der Waals surface area contributed by atoms with Crippen LogP contribution < -0.4 is 10.1 Å². The number of carboxylic acid groups (broad SMARTS) is 1. The minimum atomic E-state index is -2.08. The number of aliphatic hydroxyl groups is 1. The van der Waals surface area contributed by atoms with E-state index in [0.717, 1.165) is 24.1 Å². The first-order valence-electron chi connectivity index (χ1n) is 7.89. The highest BCUT2D eigenvalue weighted by atomic mass is 16.5. The van der Waals surface area contributed by atoms with Gasteiger partial charge in [-0.05, 0) is 37.1 Å². The summed E-state index contributed by atoms with van der Waals surface area (Å²) in [4.78, 5) is 11.8. The summed E-state index contributed by atoms with van der Waals surface area (Å²) in [6.07, 6.45) is 3.74. The fraction of sp³-hybridized carbons (Fsp3) is 0.471. The van der Waals surface area contributed by atoms with Gasteiger partial charge in [-0.3, -0.25) is 0 Å². The van der Waals surface area contributed by atoms with Gasteiger partial charge in [0.05, 0.1) is 0 Å². The fourth-order valence-electron chi connectivity index (χ4n) is 5.23. The quantitative estimate of drug-likeness (QED) is 0.557. The van der Waals surface area contributed by atoms with Crippen LogP contribution in [0.25, 0.3) is 0 Å². The lowest BCUT2D eigenvalue weighted by Crippen LogP contribution is -2.69. The molecule has 1 spiro atoms. The first-order valence-corrected chi connectivity index (χ1v) is 7.89. The summed E-state index contributed by atoms with van der Waals surface area (Å²) in [7, 11) is 0. The molecule has 5 atom stereocenters. The molecule has 6 nitrogen and oxygen atoms in total. The van der Waals surface area contributed by atoms with Crippen LogP contribution in [0.2, 0.25) is 0 Å². The van der Waals surface area contributed by atoms with E-state index in [-0.39, 0.29) is 17.7 Å². The van der Waals surface area contributed by atoms with Crippen molar-refractivity contribution in [3.05, 3.63) is 35.4 Å². The van der Waals surface area contributed by atoms with Crippen LogP contribution in [-0.2, 0) is 16.6 Å². The molecule has 4 aliphatic rings. The van der Waals surface area contributed by atoms with Gasteiger partial charge < -0.3 is 25.4 Å². The summed E-state index contributed by atoms with van der Waals surface area (Å²) < 4.78 is 5.93. The maximum absolute atomic E-state index is 11.8. The van der Waals surface area contributed by atoms with Gasteiger partial charge in [0, 0.05) is 22.9 Å². The highest BCUT2D eigenvalue weighted by Crippen LogP contribution is 2.62. The Morgan fingerprint density at radius 3 is 3.00 bits per heavy atom. The number of carboxylic acids is 1. The van der Waals surface area contributed by atoms with Crippen molar-refractivity contribution in [3.8, 4) is 11.5 Å². The van der Waals surface area contributed by atoms with Crippen LogP contribution in [-0.4, -0.2) is 45.6 Å². The summed E-state index contributed by atoms with van der Waals surface area (Å²) in [5.74, 6) is -0.908. The van der Waals surface area contributed by atoms with E-state index < -0.39 is 23.1 Å². The first kappa shape index (κ1) is 13.4. The van der Waals surface area contributed by atoms with E-state index in [9.17, 15) is 20.1 Å². The predicted octanol–water partition coefficient (Wildman–Crippen LogP) is 0.311. The van der Waals surface area contributed by atoms with E-state index >= 15 is 0 Å². The molecule has 2 aliphatic carbocycles. The maximum atomic E-state index is 11.8. The SMILES string of the molecule is O=C(O)[C@]1(O)C=C[C@H]2[C@H]3Cc4ccc(O)c5c4[C@@]2(CCN3)[C@H]1O5. The zero-order valence-corrected chi connectivity index (χ0v) is 12.3. The second-order valence-electron chi connectivity index (χ2n) is 7.02. The lowest BCUT2D eigenvalue weighted by molar-refractivity contribution is -0.169. The van der Waals surface area contributed by atoms with Crippen molar-refractivity contribution >= 4 is 5.97 Å². The Hall–Kier alpha value is -2.05. The van der Waals surface area contributed by atoms with Crippen molar-refractivity contribution in [2.24, 2.45) is 5.92 Å². The molecule has 0 aromatic heterocycles. The topological polar surface area (TPSA) is 99.0 Å².